The summed E-state index contributed by atoms with van der Waals surface area (Å²) in [7, 11) is 0. The van der Waals surface area contributed by atoms with Crippen molar-refractivity contribution in [1.82, 2.24) is 0 Å². The van der Waals surface area contributed by atoms with E-state index in [0.717, 1.165) is 23.7 Å². The molecule has 4 heteroatoms. The van der Waals surface area contributed by atoms with Crippen LogP contribution < -0.4 is 4.46 Å². The molecule has 0 atom stereocenters. The van der Waals surface area contributed by atoms with Gasteiger partial charge in [0.15, 0.2) is 0 Å². The molecule has 0 fully saturated rings. The second-order valence-electron chi connectivity index (χ2n) is 6.28. The van der Waals surface area contributed by atoms with Gasteiger partial charge in [0, 0.05) is 0 Å². The fraction of sp³-hybridized carbons (Fsp3) is 0.545. The first-order valence-corrected chi connectivity index (χ1v) is 11.5. The van der Waals surface area contributed by atoms with Gasteiger partial charge in [0.25, 0.3) is 0 Å². The van der Waals surface area contributed by atoms with Crippen LogP contribution in [-0.4, -0.2) is 33.3 Å². The van der Waals surface area contributed by atoms with Crippen LogP contribution >= 0.6 is 0 Å². The average molecular weight is 423 g/mol. The first-order chi connectivity index (χ1) is 12.6. The van der Waals surface area contributed by atoms with Gasteiger partial charge in [0.1, 0.15) is 0 Å². The Morgan fingerprint density at radius 1 is 0.885 bits per heavy atom. The van der Waals surface area contributed by atoms with Crippen LogP contribution in [0.5, 0.6) is 0 Å². The Hall–Kier alpha value is -1.38. The predicted molar refractivity (Wildman–Crippen MR) is 109 cm³/mol. The van der Waals surface area contributed by atoms with Crippen molar-refractivity contribution in [1.29, 1.82) is 0 Å². The van der Waals surface area contributed by atoms with Gasteiger partial charge in [0.05, 0.1) is 0 Å². The molecule has 0 bridgehead atoms. The summed E-state index contributed by atoms with van der Waals surface area (Å²) in [4.78, 5) is 25.4. The molecule has 0 radical (unpaired) electrons. The fourth-order valence-electron chi connectivity index (χ4n) is 2.67. The van der Waals surface area contributed by atoms with Gasteiger partial charge in [-0.05, 0) is 0 Å². The van der Waals surface area contributed by atoms with Crippen LogP contribution in [0, 0.1) is 0 Å². The summed E-state index contributed by atoms with van der Waals surface area (Å²) in [5.74, 6) is -0.191. The first-order valence-electron chi connectivity index (χ1n) is 9.80. The van der Waals surface area contributed by atoms with Crippen LogP contribution in [0.1, 0.15) is 72.1 Å². The van der Waals surface area contributed by atoms with E-state index in [0.29, 0.717) is 29.5 Å². The Morgan fingerprint density at radius 2 is 1.58 bits per heavy atom. The zero-order valence-electron chi connectivity index (χ0n) is 16.4. The van der Waals surface area contributed by atoms with E-state index in [1.807, 2.05) is 37.3 Å². The Bertz CT molecular complexity index is 578. The molecule has 1 aromatic carbocycles. The topological polar surface area (TPSA) is 43.4 Å². The number of ketones is 1. The van der Waals surface area contributed by atoms with Gasteiger partial charge in [-0.3, -0.25) is 0 Å². The Balaban J connectivity index is 3.00. The molecule has 26 heavy (non-hydrogen) atoms. The van der Waals surface area contributed by atoms with Crippen molar-refractivity contribution in [2.24, 2.45) is 0 Å². The van der Waals surface area contributed by atoms with Crippen LogP contribution in [0.4, 0.5) is 0 Å². The van der Waals surface area contributed by atoms with Crippen molar-refractivity contribution in [3.8, 4) is 0 Å². The maximum atomic E-state index is 13.0. The number of carbonyl (C=O) groups excluding carboxylic acids is 2. The van der Waals surface area contributed by atoms with E-state index in [2.05, 4.69) is 6.92 Å². The number of allylic oxidation sites excluding steroid dienone is 1. The van der Waals surface area contributed by atoms with Crippen molar-refractivity contribution in [2.45, 2.75) is 72.1 Å². The number of carbonyl (C=O) groups is 2. The third kappa shape index (κ3) is 8.33. The Morgan fingerprint density at radius 3 is 2.19 bits per heavy atom. The number of unbranched alkanes of at least 4 members (excludes halogenated alkanes) is 4. The Labute approximate surface area is 164 Å². The van der Waals surface area contributed by atoms with Gasteiger partial charge in [-0.2, -0.15) is 0 Å². The van der Waals surface area contributed by atoms with E-state index in [-0.39, 0.29) is 26.7 Å². The molecule has 0 spiro atoms. The SMILES string of the molecule is CCCCCCCC(=O)/C([Se]c1ccccc1)=C(/CCC)C(=O)OCC. The van der Waals surface area contributed by atoms with Gasteiger partial charge in [-0.25, -0.2) is 0 Å². The normalized spacial score (nSPS) is 11.8. The van der Waals surface area contributed by atoms with Gasteiger partial charge < -0.3 is 0 Å². The Kier molecular flexibility index (Phi) is 12.0. The third-order valence-electron chi connectivity index (χ3n) is 4.02. The molecule has 0 heterocycles. The van der Waals surface area contributed by atoms with Crippen molar-refractivity contribution in [2.75, 3.05) is 6.61 Å². The van der Waals surface area contributed by atoms with Crippen LogP contribution in [-0.2, 0) is 14.3 Å². The summed E-state index contributed by atoms with van der Waals surface area (Å²) in [6, 6.07) is 9.99. The number of rotatable bonds is 13. The van der Waals surface area contributed by atoms with Gasteiger partial charge in [-0.15, -0.1) is 0 Å². The summed E-state index contributed by atoms with van der Waals surface area (Å²) >= 11 is -0.168. The summed E-state index contributed by atoms with van der Waals surface area (Å²) in [6.07, 6.45) is 7.51. The number of benzene rings is 1. The molecule has 0 aliphatic rings. The standard InChI is InChI=1S/C22H32O3Se/c1-4-7-8-9-13-17-20(23)21(26-18-15-11-10-12-16-18)19(14-5-2)22(24)25-6-3/h10-12,15-16H,4-9,13-14,17H2,1-3H3/b21-19+. The van der Waals surface area contributed by atoms with E-state index < -0.39 is 0 Å². The number of ether oxygens (including phenoxy) is 1. The molecule has 144 valence electrons. The van der Waals surface area contributed by atoms with Crippen molar-refractivity contribution >= 4 is 31.2 Å². The quantitative estimate of drug-likeness (QED) is 0.202. The summed E-state index contributed by atoms with van der Waals surface area (Å²) in [6.45, 7) is 6.36. The average Bonchev–Trinajstić information content (AvgIpc) is 2.65. The molecule has 0 aromatic heterocycles. The molecule has 0 saturated carbocycles. The second kappa shape index (κ2) is 13.8. The number of hydrogen-bond acceptors (Lipinski definition) is 3. The first kappa shape index (κ1) is 22.7. The minimum absolute atomic E-state index is 0.127. The van der Waals surface area contributed by atoms with Crippen molar-refractivity contribution in [3.63, 3.8) is 0 Å². The molecule has 0 unspecified atom stereocenters. The van der Waals surface area contributed by atoms with Gasteiger partial charge in [-0.1, -0.05) is 0 Å². The summed E-state index contributed by atoms with van der Waals surface area (Å²) < 4.78 is 7.07. The third-order valence-corrected chi connectivity index (χ3v) is 6.51. The second-order valence-corrected chi connectivity index (χ2v) is 8.55. The minimum atomic E-state index is -0.318. The monoisotopic (exact) mass is 424 g/mol. The van der Waals surface area contributed by atoms with E-state index in [1.165, 1.54) is 19.3 Å². The zero-order chi connectivity index (χ0) is 19.2. The number of esters is 1. The molecule has 0 aliphatic carbocycles. The van der Waals surface area contributed by atoms with Crippen LogP contribution in [0.2, 0.25) is 0 Å². The number of hydrogen-bond donors (Lipinski definition) is 0. The van der Waals surface area contributed by atoms with Crippen molar-refractivity contribution in [3.05, 3.63) is 40.4 Å². The molecule has 0 N–H and O–H groups in total. The molecule has 3 nitrogen and oxygen atoms in total. The molecule has 0 amide bonds. The molecular weight excluding hydrogens is 391 g/mol. The van der Waals surface area contributed by atoms with Gasteiger partial charge in [0.2, 0.25) is 0 Å². The maximum absolute atomic E-state index is 13.0. The van der Waals surface area contributed by atoms with E-state index in [9.17, 15) is 9.59 Å². The number of Topliss-reactive ketones (excluding diaryl/α,β-unsaturated/α-hetero) is 1. The van der Waals surface area contributed by atoms with E-state index in [4.69, 9.17) is 4.74 Å². The molecular formula is C22H32O3Se. The van der Waals surface area contributed by atoms with E-state index >= 15 is 0 Å². The van der Waals surface area contributed by atoms with Crippen LogP contribution in [0.3, 0.4) is 0 Å². The fourth-order valence-corrected chi connectivity index (χ4v) is 4.88. The van der Waals surface area contributed by atoms with Crippen LogP contribution in [0.15, 0.2) is 40.4 Å². The van der Waals surface area contributed by atoms with Crippen molar-refractivity contribution < 1.29 is 14.3 Å². The molecule has 0 aliphatic heterocycles. The molecule has 0 saturated heterocycles. The van der Waals surface area contributed by atoms with Crippen LogP contribution in [0.25, 0.3) is 0 Å². The zero-order valence-corrected chi connectivity index (χ0v) is 18.1. The van der Waals surface area contributed by atoms with Gasteiger partial charge >= 0.3 is 165 Å². The molecule has 1 aromatic rings. The summed E-state index contributed by atoms with van der Waals surface area (Å²) in [5.41, 5.74) is 0.594. The van der Waals surface area contributed by atoms with E-state index in [1.54, 1.807) is 6.92 Å². The predicted octanol–water partition coefficient (Wildman–Crippen LogP) is 4.56. The molecule has 1 rings (SSSR count). The summed E-state index contributed by atoms with van der Waals surface area (Å²) in [5, 5.41) is 0.